The van der Waals surface area contributed by atoms with E-state index in [1.165, 1.54) is 4.90 Å². The third kappa shape index (κ3) is 4.44. The standard InChI is InChI=1S/C30H26N4O2/c1-2-7-28-32-26(16-17-34-29(35)24-10-5-6-11-25(24)30(34)36)27(33-28)18-20-12-14-21(15-13-20)23-9-4-3-8-22(23)19-31/h3-6,8-15H,2,7,16-18H2,1H3,(H,32,33). The third-order valence-electron chi connectivity index (χ3n) is 6.54. The maximum atomic E-state index is 12.8. The second-order valence-corrected chi connectivity index (χ2v) is 8.95. The average Bonchev–Trinajstić information content (AvgIpc) is 3.40. The molecule has 1 aromatic heterocycles. The molecule has 6 heteroatoms. The van der Waals surface area contributed by atoms with Crippen LogP contribution in [0.25, 0.3) is 11.1 Å². The van der Waals surface area contributed by atoms with Crippen molar-refractivity contribution in [1.29, 1.82) is 5.26 Å². The van der Waals surface area contributed by atoms with Gasteiger partial charge >= 0.3 is 0 Å². The topological polar surface area (TPSA) is 89.8 Å². The number of amides is 2. The maximum Gasteiger partial charge on any atom is 0.261 e. The van der Waals surface area contributed by atoms with E-state index < -0.39 is 0 Å². The van der Waals surface area contributed by atoms with E-state index in [2.05, 4.69) is 30.1 Å². The van der Waals surface area contributed by atoms with Crippen LogP contribution in [0.3, 0.4) is 0 Å². The van der Waals surface area contributed by atoms with E-state index in [1.807, 2.05) is 36.4 Å². The number of imidazole rings is 1. The highest BCUT2D eigenvalue weighted by Crippen LogP contribution is 2.26. The van der Waals surface area contributed by atoms with Crippen LogP contribution in [0.15, 0.2) is 72.8 Å². The molecule has 2 heterocycles. The lowest BCUT2D eigenvalue weighted by molar-refractivity contribution is 0.0655. The molecule has 0 spiro atoms. The van der Waals surface area contributed by atoms with Gasteiger partial charge in [0.2, 0.25) is 0 Å². The number of hydrogen-bond acceptors (Lipinski definition) is 4. The Labute approximate surface area is 210 Å². The largest absolute Gasteiger partial charge is 0.345 e. The van der Waals surface area contributed by atoms with Crippen LogP contribution in [0.4, 0.5) is 0 Å². The molecule has 36 heavy (non-hydrogen) atoms. The van der Waals surface area contributed by atoms with E-state index in [-0.39, 0.29) is 11.8 Å². The number of rotatable bonds is 8. The highest BCUT2D eigenvalue weighted by Gasteiger charge is 2.34. The lowest BCUT2D eigenvalue weighted by atomic mass is 9.98. The van der Waals surface area contributed by atoms with Crippen LogP contribution < -0.4 is 0 Å². The average molecular weight is 475 g/mol. The van der Waals surface area contributed by atoms with Gasteiger partial charge in [-0.1, -0.05) is 61.5 Å². The van der Waals surface area contributed by atoms with Gasteiger partial charge in [0, 0.05) is 31.5 Å². The van der Waals surface area contributed by atoms with Crippen LogP contribution in [-0.4, -0.2) is 33.2 Å². The summed E-state index contributed by atoms with van der Waals surface area (Å²) in [6, 6.07) is 25.0. The summed E-state index contributed by atoms with van der Waals surface area (Å²) >= 11 is 0. The number of nitrogens with one attached hydrogen (secondary N) is 1. The fourth-order valence-electron chi connectivity index (χ4n) is 4.71. The van der Waals surface area contributed by atoms with Crippen molar-refractivity contribution in [2.45, 2.75) is 32.6 Å². The van der Waals surface area contributed by atoms with Gasteiger partial charge in [0.05, 0.1) is 28.5 Å². The smallest absolute Gasteiger partial charge is 0.261 e. The minimum Gasteiger partial charge on any atom is -0.345 e. The Kier molecular flexibility index (Phi) is 6.46. The van der Waals surface area contributed by atoms with Gasteiger partial charge in [-0.15, -0.1) is 0 Å². The van der Waals surface area contributed by atoms with Crippen LogP contribution in [0, 0.1) is 11.3 Å². The van der Waals surface area contributed by atoms with Crippen LogP contribution in [-0.2, 0) is 19.3 Å². The fraction of sp³-hybridized carbons (Fsp3) is 0.200. The molecular formula is C30H26N4O2. The number of aromatic amines is 1. The molecule has 3 aromatic carbocycles. The second-order valence-electron chi connectivity index (χ2n) is 8.95. The molecular weight excluding hydrogens is 448 g/mol. The lowest BCUT2D eigenvalue weighted by Gasteiger charge is -2.13. The molecule has 1 aliphatic rings. The normalized spacial score (nSPS) is 12.6. The summed E-state index contributed by atoms with van der Waals surface area (Å²) in [6.45, 7) is 2.40. The Hall–Kier alpha value is -4.50. The number of nitriles is 1. The van der Waals surface area contributed by atoms with Crippen molar-refractivity contribution in [2.24, 2.45) is 0 Å². The number of imide groups is 1. The van der Waals surface area contributed by atoms with Crippen molar-refractivity contribution in [3.63, 3.8) is 0 Å². The number of benzene rings is 3. The van der Waals surface area contributed by atoms with Crippen molar-refractivity contribution in [1.82, 2.24) is 14.9 Å². The van der Waals surface area contributed by atoms with Crippen molar-refractivity contribution in [3.8, 4) is 17.2 Å². The van der Waals surface area contributed by atoms with Crippen molar-refractivity contribution < 1.29 is 9.59 Å². The van der Waals surface area contributed by atoms with Crippen molar-refractivity contribution in [3.05, 3.63) is 112 Å². The molecule has 0 saturated heterocycles. The Morgan fingerprint density at radius 3 is 2.14 bits per heavy atom. The SMILES string of the molecule is CCCc1nc(CCN2C(=O)c3ccccc3C2=O)c(Cc2ccc(-c3ccccc3C#N)cc2)[nH]1. The van der Waals surface area contributed by atoms with E-state index in [0.717, 1.165) is 46.7 Å². The molecule has 178 valence electrons. The molecule has 0 bridgehead atoms. The highest BCUT2D eigenvalue weighted by molar-refractivity contribution is 6.21. The van der Waals surface area contributed by atoms with Crippen molar-refractivity contribution >= 4 is 11.8 Å². The minimum atomic E-state index is -0.241. The number of hydrogen-bond donors (Lipinski definition) is 1. The molecule has 6 nitrogen and oxygen atoms in total. The fourth-order valence-corrected chi connectivity index (χ4v) is 4.71. The van der Waals surface area contributed by atoms with Crippen LogP contribution in [0.1, 0.15) is 62.4 Å². The number of fused-ring (bicyclic) bond motifs is 1. The molecule has 0 saturated carbocycles. The molecule has 4 aromatic rings. The minimum absolute atomic E-state index is 0.241. The summed E-state index contributed by atoms with van der Waals surface area (Å²) in [4.78, 5) is 35.1. The Morgan fingerprint density at radius 1 is 0.861 bits per heavy atom. The molecule has 1 N–H and O–H groups in total. The summed E-state index contributed by atoms with van der Waals surface area (Å²) < 4.78 is 0. The molecule has 2 amide bonds. The Balaban J connectivity index is 1.34. The van der Waals surface area contributed by atoms with E-state index in [1.54, 1.807) is 24.3 Å². The lowest BCUT2D eigenvalue weighted by Crippen LogP contribution is -2.32. The first-order chi connectivity index (χ1) is 17.6. The zero-order chi connectivity index (χ0) is 25.1. The highest BCUT2D eigenvalue weighted by atomic mass is 16.2. The number of carbonyl (C=O) groups is 2. The van der Waals surface area contributed by atoms with Crippen LogP contribution in [0.2, 0.25) is 0 Å². The molecule has 5 rings (SSSR count). The molecule has 0 aliphatic carbocycles. The summed E-state index contributed by atoms with van der Waals surface area (Å²) in [6.07, 6.45) is 2.96. The molecule has 1 aliphatic heterocycles. The van der Waals surface area contributed by atoms with Gasteiger partial charge < -0.3 is 4.98 Å². The van der Waals surface area contributed by atoms with Gasteiger partial charge in [-0.25, -0.2) is 4.98 Å². The van der Waals surface area contributed by atoms with E-state index in [9.17, 15) is 14.9 Å². The first kappa shape index (κ1) is 23.3. The number of aryl methyl sites for hydroxylation is 1. The first-order valence-corrected chi connectivity index (χ1v) is 12.2. The summed E-state index contributed by atoms with van der Waals surface area (Å²) in [5.74, 6) is 0.439. The summed E-state index contributed by atoms with van der Waals surface area (Å²) in [7, 11) is 0. The zero-order valence-electron chi connectivity index (χ0n) is 20.1. The number of carbonyl (C=O) groups excluding carboxylic acids is 2. The van der Waals surface area contributed by atoms with Gasteiger partial charge in [-0.3, -0.25) is 14.5 Å². The Bertz CT molecular complexity index is 1440. The van der Waals surface area contributed by atoms with Gasteiger partial charge in [0.25, 0.3) is 11.8 Å². The number of H-pyrrole nitrogens is 1. The van der Waals surface area contributed by atoms with Crippen molar-refractivity contribution in [2.75, 3.05) is 6.54 Å². The zero-order valence-corrected chi connectivity index (χ0v) is 20.1. The molecule has 0 unspecified atom stereocenters. The quantitative estimate of drug-likeness (QED) is 0.350. The van der Waals surface area contributed by atoms with Gasteiger partial charge in [0.15, 0.2) is 0 Å². The predicted molar refractivity (Wildman–Crippen MR) is 137 cm³/mol. The van der Waals surface area contributed by atoms with E-state index >= 15 is 0 Å². The van der Waals surface area contributed by atoms with Gasteiger partial charge in [0.1, 0.15) is 5.82 Å². The summed E-state index contributed by atoms with van der Waals surface area (Å²) in [5.41, 5.74) is 6.50. The van der Waals surface area contributed by atoms with E-state index in [0.29, 0.717) is 36.1 Å². The van der Waals surface area contributed by atoms with Gasteiger partial charge in [-0.2, -0.15) is 5.26 Å². The maximum absolute atomic E-state index is 12.8. The molecule has 0 atom stereocenters. The Morgan fingerprint density at radius 2 is 1.50 bits per heavy atom. The molecule has 0 radical (unpaired) electrons. The third-order valence-corrected chi connectivity index (χ3v) is 6.54. The van der Waals surface area contributed by atoms with Crippen LogP contribution in [0.5, 0.6) is 0 Å². The number of aromatic nitrogens is 2. The second kappa shape index (κ2) is 10.0. The van der Waals surface area contributed by atoms with Gasteiger partial charge in [-0.05, 0) is 41.3 Å². The molecule has 0 fully saturated rings. The van der Waals surface area contributed by atoms with Crippen LogP contribution >= 0.6 is 0 Å². The summed E-state index contributed by atoms with van der Waals surface area (Å²) in [5, 5.41) is 9.41. The van der Waals surface area contributed by atoms with E-state index in [4.69, 9.17) is 4.98 Å². The monoisotopic (exact) mass is 474 g/mol. The first-order valence-electron chi connectivity index (χ1n) is 12.2. The number of nitrogens with zero attached hydrogens (tertiary/aromatic N) is 3. The predicted octanol–water partition coefficient (Wildman–Crippen LogP) is 5.33.